The Balaban J connectivity index is 2.10. The quantitative estimate of drug-likeness (QED) is 0.850. The summed E-state index contributed by atoms with van der Waals surface area (Å²) < 4.78 is 0. The summed E-state index contributed by atoms with van der Waals surface area (Å²) in [4.78, 5) is 12.5. The molecule has 1 atom stereocenters. The fourth-order valence-corrected chi connectivity index (χ4v) is 2.81. The molecule has 2 aromatic carbocycles. The summed E-state index contributed by atoms with van der Waals surface area (Å²) in [5, 5.41) is 3.19. The molecule has 0 radical (unpaired) electrons. The molecule has 2 aromatic rings. The van der Waals surface area contributed by atoms with E-state index >= 15 is 0 Å². The molecule has 0 aliphatic heterocycles. The van der Waals surface area contributed by atoms with E-state index in [1.165, 1.54) is 27.8 Å². The number of hydrogen-bond acceptors (Lipinski definition) is 1. The Morgan fingerprint density at radius 1 is 0.957 bits per heavy atom. The normalized spacial score (nSPS) is 12.0. The summed E-state index contributed by atoms with van der Waals surface area (Å²) in [6.45, 7) is 10.5. The number of carbonyl (C=O) groups excluding carboxylic acids is 1. The molecule has 0 heterocycles. The molecule has 0 aliphatic carbocycles. The minimum Gasteiger partial charge on any atom is -0.349 e. The van der Waals surface area contributed by atoms with Crippen LogP contribution in [0.15, 0.2) is 36.4 Å². The second-order valence-electron chi connectivity index (χ2n) is 6.48. The van der Waals surface area contributed by atoms with Crippen LogP contribution in [0.2, 0.25) is 0 Å². The third-order valence-electron chi connectivity index (χ3n) is 4.53. The Morgan fingerprint density at radius 2 is 1.65 bits per heavy atom. The van der Waals surface area contributed by atoms with Crippen molar-refractivity contribution in [2.45, 2.75) is 53.5 Å². The van der Waals surface area contributed by atoms with Crippen molar-refractivity contribution < 1.29 is 4.79 Å². The number of rotatable bonds is 5. The first-order valence-electron chi connectivity index (χ1n) is 8.33. The topological polar surface area (TPSA) is 29.1 Å². The monoisotopic (exact) mass is 309 g/mol. The lowest BCUT2D eigenvalue weighted by Gasteiger charge is -2.19. The van der Waals surface area contributed by atoms with Crippen LogP contribution in [0.5, 0.6) is 0 Å². The Labute approximate surface area is 139 Å². The highest BCUT2D eigenvalue weighted by atomic mass is 16.1. The van der Waals surface area contributed by atoms with Crippen LogP contribution < -0.4 is 5.32 Å². The molecule has 2 nitrogen and oxygen atoms in total. The predicted octanol–water partition coefficient (Wildman–Crippen LogP) is 4.73. The lowest BCUT2D eigenvalue weighted by Crippen LogP contribution is -2.29. The standard InChI is InChI=1S/C21H27NO/c1-6-20(18-10-9-15(3)17(5)12-18)22-21(23)13-19-11-14(2)7-8-16(19)4/h7-12,20H,6,13H2,1-5H3,(H,22,23). The van der Waals surface area contributed by atoms with Gasteiger partial charge in [-0.3, -0.25) is 4.79 Å². The molecule has 0 saturated carbocycles. The smallest absolute Gasteiger partial charge is 0.224 e. The highest BCUT2D eigenvalue weighted by Crippen LogP contribution is 2.20. The van der Waals surface area contributed by atoms with Gasteiger partial charge in [-0.15, -0.1) is 0 Å². The van der Waals surface area contributed by atoms with Crippen molar-refractivity contribution in [3.8, 4) is 0 Å². The van der Waals surface area contributed by atoms with Crippen molar-refractivity contribution in [3.05, 3.63) is 69.8 Å². The zero-order valence-electron chi connectivity index (χ0n) is 14.9. The van der Waals surface area contributed by atoms with Crippen LogP contribution in [-0.2, 0) is 11.2 Å². The number of benzene rings is 2. The van der Waals surface area contributed by atoms with E-state index in [9.17, 15) is 4.79 Å². The SMILES string of the molecule is CCC(NC(=O)Cc1cc(C)ccc1C)c1ccc(C)c(C)c1. The van der Waals surface area contributed by atoms with Gasteiger partial charge in [0.25, 0.3) is 0 Å². The van der Waals surface area contributed by atoms with Crippen LogP contribution in [0.25, 0.3) is 0 Å². The second kappa shape index (κ2) is 7.45. The molecule has 122 valence electrons. The van der Waals surface area contributed by atoms with Crippen molar-refractivity contribution in [1.82, 2.24) is 5.32 Å². The molecular formula is C21H27NO. The Hall–Kier alpha value is -2.09. The van der Waals surface area contributed by atoms with E-state index in [1.54, 1.807) is 0 Å². The minimum absolute atomic E-state index is 0.0758. The Kier molecular flexibility index (Phi) is 5.59. The zero-order chi connectivity index (χ0) is 17.0. The van der Waals surface area contributed by atoms with Gasteiger partial charge in [0.2, 0.25) is 5.91 Å². The average Bonchev–Trinajstić information content (AvgIpc) is 2.51. The summed E-state index contributed by atoms with van der Waals surface area (Å²) in [6.07, 6.45) is 1.33. The van der Waals surface area contributed by atoms with Gasteiger partial charge in [-0.05, 0) is 61.9 Å². The molecule has 2 rings (SSSR count). The maximum absolute atomic E-state index is 12.5. The number of aryl methyl sites for hydroxylation is 4. The third-order valence-corrected chi connectivity index (χ3v) is 4.53. The molecule has 0 bridgehead atoms. The molecule has 0 aromatic heterocycles. The molecule has 1 unspecified atom stereocenters. The van der Waals surface area contributed by atoms with Crippen LogP contribution in [0.3, 0.4) is 0 Å². The summed E-state index contributed by atoms with van der Waals surface area (Å²) in [7, 11) is 0. The van der Waals surface area contributed by atoms with Gasteiger partial charge in [0.05, 0.1) is 12.5 Å². The van der Waals surface area contributed by atoms with Gasteiger partial charge in [0.15, 0.2) is 0 Å². The first kappa shape index (κ1) is 17.3. The number of nitrogens with one attached hydrogen (secondary N) is 1. The van der Waals surface area contributed by atoms with E-state index in [0.29, 0.717) is 6.42 Å². The van der Waals surface area contributed by atoms with Crippen molar-refractivity contribution in [2.24, 2.45) is 0 Å². The zero-order valence-corrected chi connectivity index (χ0v) is 14.9. The Bertz CT molecular complexity index is 703. The molecule has 0 saturated heterocycles. The Morgan fingerprint density at radius 3 is 2.30 bits per heavy atom. The molecule has 23 heavy (non-hydrogen) atoms. The van der Waals surface area contributed by atoms with Gasteiger partial charge in [0.1, 0.15) is 0 Å². The van der Waals surface area contributed by atoms with E-state index in [0.717, 1.165) is 12.0 Å². The van der Waals surface area contributed by atoms with Gasteiger partial charge in [-0.25, -0.2) is 0 Å². The number of hydrogen-bond donors (Lipinski definition) is 1. The molecule has 0 fully saturated rings. The van der Waals surface area contributed by atoms with Gasteiger partial charge < -0.3 is 5.32 Å². The maximum atomic E-state index is 12.5. The van der Waals surface area contributed by atoms with Crippen LogP contribution in [-0.4, -0.2) is 5.91 Å². The van der Waals surface area contributed by atoms with Crippen LogP contribution in [0, 0.1) is 27.7 Å². The third kappa shape index (κ3) is 4.44. The second-order valence-corrected chi connectivity index (χ2v) is 6.48. The number of carbonyl (C=O) groups is 1. The van der Waals surface area contributed by atoms with Gasteiger partial charge >= 0.3 is 0 Å². The molecule has 2 heteroatoms. The molecule has 0 aliphatic rings. The van der Waals surface area contributed by atoms with Gasteiger partial charge in [-0.2, -0.15) is 0 Å². The fourth-order valence-electron chi connectivity index (χ4n) is 2.81. The van der Waals surface area contributed by atoms with E-state index in [-0.39, 0.29) is 11.9 Å². The van der Waals surface area contributed by atoms with Crippen molar-refractivity contribution in [1.29, 1.82) is 0 Å². The highest BCUT2D eigenvalue weighted by molar-refractivity contribution is 5.79. The van der Waals surface area contributed by atoms with Crippen LogP contribution in [0.4, 0.5) is 0 Å². The highest BCUT2D eigenvalue weighted by Gasteiger charge is 2.14. The van der Waals surface area contributed by atoms with Crippen LogP contribution in [0.1, 0.15) is 52.8 Å². The van der Waals surface area contributed by atoms with E-state index < -0.39 is 0 Å². The fraction of sp³-hybridized carbons (Fsp3) is 0.381. The summed E-state index contributed by atoms with van der Waals surface area (Å²) in [5.74, 6) is 0.0868. The summed E-state index contributed by atoms with van der Waals surface area (Å²) in [6, 6.07) is 12.8. The lowest BCUT2D eigenvalue weighted by atomic mass is 9.98. The van der Waals surface area contributed by atoms with Crippen molar-refractivity contribution >= 4 is 5.91 Å². The number of amides is 1. The van der Waals surface area contributed by atoms with E-state index in [4.69, 9.17) is 0 Å². The molecule has 1 amide bonds. The lowest BCUT2D eigenvalue weighted by molar-refractivity contribution is -0.121. The predicted molar refractivity (Wildman–Crippen MR) is 96.7 cm³/mol. The summed E-state index contributed by atoms with van der Waals surface area (Å²) >= 11 is 0. The molecule has 1 N–H and O–H groups in total. The van der Waals surface area contributed by atoms with Crippen molar-refractivity contribution in [2.75, 3.05) is 0 Å². The largest absolute Gasteiger partial charge is 0.349 e. The van der Waals surface area contributed by atoms with Crippen molar-refractivity contribution in [3.63, 3.8) is 0 Å². The maximum Gasteiger partial charge on any atom is 0.224 e. The molecule has 0 spiro atoms. The van der Waals surface area contributed by atoms with E-state index in [2.05, 4.69) is 76.3 Å². The van der Waals surface area contributed by atoms with Gasteiger partial charge in [0, 0.05) is 0 Å². The first-order valence-corrected chi connectivity index (χ1v) is 8.33. The van der Waals surface area contributed by atoms with E-state index in [1.807, 2.05) is 0 Å². The average molecular weight is 309 g/mol. The summed E-state index contributed by atoms with van der Waals surface area (Å²) in [5.41, 5.74) is 7.21. The molecular weight excluding hydrogens is 282 g/mol. The minimum atomic E-state index is 0.0758. The van der Waals surface area contributed by atoms with Gasteiger partial charge in [-0.1, -0.05) is 48.9 Å². The van der Waals surface area contributed by atoms with Crippen LogP contribution >= 0.6 is 0 Å². The first-order chi connectivity index (χ1) is 10.9.